The average Bonchev–Trinajstić information content (AvgIpc) is 2.68. The van der Waals surface area contributed by atoms with Gasteiger partial charge in [0.25, 0.3) is 5.91 Å². The summed E-state index contributed by atoms with van der Waals surface area (Å²) in [6, 6.07) is 7.33. The first-order chi connectivity index (χ1) is 13.9. The number of nitrogens with zero attached hydrogens (tertiary/aromatic N) is 4. The van der Waals surface area contributed by atoms with Crippen LogP contribution in [0.2, 0.25) is 0 Å². The fourth-order valence-corrected chi connectivity index (χ4v) is 2.62. The van der Waals surface area contributed by atoms with Crippen LogP contribution in [0.5, 0.6) is 0 Å². The third kappa shape index (κ3) is 7.19. The van der Waals surface area contributed by atoms with Crippen molar-refractivity contribution in [3.8, 4) is 0 Å². The highest BCUT2D eigenvalue weighted by Gasteiger charge is 2.15. The highest BCUT2D eigenvalue weighted by atomic mass is 16.1. The zero-order chi connectivity index (χ0) is 21.2. The van der Waals surface area contributed by atoms with Crippen molar-refractivity contribution in [1.29, 1.82) is 0 Å². The van der Waals surface area contributed by atoms with Gasteiger partial charge in [-0.2, -0.15) is 0 Å². The van der Waals surface area contributed by atoms with Crippen LogP contribution in [0.25, 0.3) is 0 Å². The summed E-state index contributed by atoms with van der Waals surface area (Å²) in [6.07, 6.45) is 2.97. The Kier molecular flexibility index (Phi) is 8.60. The molecule has 0 spiro atoms. The Hall–Kier alpha value is -2.94. The van der Waals surface area contributed by atoms with E-state index in [-0.39, 0.29) is 11.9 Å². The first kappa shape index (κ1) is 22.4. The summed E-state index contributed by atoms with van der Waals surface area (Å²) in [4.78, 5) is 19.2. The van der Waals surface area contributed by atoms with Gasteiger partial charge in [0.1, 0.15) is 11.6 Å². The number of pyridine rings is 1. The molecule has 29 heavy (non-hydrogen) atoms. The molecule has 2 aromatic rings. The summed E-state index contributed by atoms with van der Waals surface area (Å²) in [5.74, 6) is 2.08. The van der Waals surface area contributed by atoms with Crippen LogP contribution in [-0.2, 0) is 0 Å². The van der Waals surface area contributed by atoms with Gasteiger partial charge in [-0.25, -0.2) is 4.98 Å². The smallest absolute Gasteiger partial charge is 0.260 e. The number of carbonyl (C=O) groups is 1. The van der Waals surface area contributed by atoms with Crippen molar-refractivity contribution in [1.82, 2.24) is 15.2 Å². The van der Waals surface area contributed by atoms with Crippen molar-refractivity contribution >= 4 is 29.2 Å². The SMILES string of the molecule is CC(C)Nc1ccc(C(=O)Nc2ccc(N(C)C)nn2)c(NCCCCCN)n1. The molecular weight excluding hydrogens is 368 g/mol. The van der Waals surface area contributed by atoms with Crippen molar-refractivity contribution in [3.63, 3.8) is 0 Å². The number of nitrogens with two attached hydrogens (primary N) is 1. The summed E-state index contributed by atoms with van der Waals surface area (Å²) < 4.78 is 0. The number of anilines is 4. The molecule has 0 radical (unpaired) electrons. The number of hydrogen-bond donors (Lipinski definition) is 4. The minimum absolute atomic E-state index is 0.241. The molecule has 0 unspecified atom stereocenters. The number of hydrogen-bond acceptors (Lipinski definition) is 8. The topological polar surface area (TPSA) is 121 Å². The number of aromatic nitrogens is 3. The fourth-order valence-electron chi connectivity index (χ4n) is 2.62. The van der Waals surface area contributed by atoms with Crippen LogP contribution in [-0.4, -0.2) is 54.3 Å². The van der Waals surface area contributed by atoms with Crippen molar-refractivity contribution < 1.29 is 4.79 Å². The van der Waals surface area contributed by atoms with Gasteiger partial charge in [-0.1, -0.05) is 6.42 Å². The molecule has 0 atom stereocenters. The second kappa shape index (κ2) is 11.2. The van der Waals surface area contributed by atoms with E-state index in [2.05, 4.69) is 31.1 Å². The summed E-state index contributed by atoms with van der Waals surface area (Å²) >= 11 is 0. The van der Waals surface area contributed by atoms with Gasteiger partial charge in [0.15, 0.2) is 11.6 Å². The maximum atomic E-state index is 12.8. The standard InChI is InChI=1S/C20H32N8O/c1-14(2)23-16-9-8-15(19(24-16)22-13-7-5-6-12-21)20(29)25-17-10-11-18(27-26-17)28(3)4/h8-11,14H,5-7,12-13,21H2,1-4H3,(H2,22,23,24)(H,25,26,29). The molecule has 158 valence electrons. The van der Waals surface area contributed by atoms with E-state index in [0.717, 1.165) is 31.6 Å². The van der Waals surface area contributed by atoms with E-state index in [4.69, 9.17) is 5.73 Å². The minimum atomic E-state index is -0.287. The maximum absolute atomic E-state index is 12.8. The van der Waals surface area contributed by atoms with Crippen LogP contribution < -0.4 is 26.6 Å². The largest absolute Gasteiger partial charge is 0.369 e. The number of carbonyl (C=O) groups excluding carboxylic acids is 1. The molecule has 5 N–H and O–H groups in total. The lowest BCUT2D eigenvalue weighted by Gasteiger charge is -2.15. The first-order valence-electron chi connectivity index (χ1n) is 9.94. The third-order valence-corrected chi connectivity index (χ3v) is 4.10. The lowest BCUT2D eigenvalue weighted by molar-refractivity contribution is 0.102. The van der Waals surface area contributed by atoms with Crippen molar-refractivity contribution in [2.75, 3.05) is 48.0 Å². The van der Waals surface area contributed by atoms with Gasteiger partial charge >= 0.3 is 0 Å². The summed E-state index contributed by atoms with van der Waals surface area (Å²) in [7, 11) is 3.76. The number of amides is 1. The Bertz CT molecular complexity index is 777. The Balaban J connectivity index is 2.13. The quantitative estimate of drug-likeness (QED) is 0.425. The van der Waals surface area contributed by atoms with E-state index in [1.807, 2.05) is 32.8 Å². The molecule has 0 fully saturated rings. The van der Waals surface area contributed by atoms with E-state index >= 15 is 0 Å². The van der Waals surface area contributed by atoms with Gasteiger partial charge in [-0.3, -0.25) is 4.79 Å². The molecule has 0 bridgehead atoms. The Morgan fingerprint density at radius 2 is 1.83 bits per heavy atom. The molecule has 2 aromatic heterocycles. The summed E-state index contributed by atoms with van der Waals surface area (Å²) in [5, 5.41) is 17.5. The fraction of sp³-hybridized carbons (Fsp3) is 0.500. The predicted octanol–water partition coefficient (Wildman–Crippen LogP) is 2.55. The molecule has 9 heteroatoms. The van der Waals surface area contributed by atoms with Gasteiger partial charge in [-0.15, -0.1) is 10.2 Å². The van der Waals surface area contributed by atoms with Crippen LogP contribution in [0.4, 0.5) is 23.3 Å². The van der Waals surface area contributed by atoms with Crippen LogP contribution in [0.3, 0.4) is 0 Å². The second-order valence-electron chi connectivity index (χ2n) is 7.29. The minimum Gasteiger partial charge on any atom is -0.369 e. The van der Waals surface area contributed by atoms with Crippen LogP contribution in [0.1, 0.15) is 43.5 Å². The van der Waals surface area contributed by atoms with Gasteiger partial charge in [-0.05, 0) is 57.5 Å². The van der Waals surface area contributed by atoms with E-state index in [1.54, 1.807) is 24.3 Å². The molecule has 2 heterocycles. The summed E-state index contributed by atoms with van der Waals surface area (Å²) in [6.45, 7) is 5.49. The Morgan fingerprint density at radius 3 is 2.45 bits per heavy atom. The maximum Gasteiger partial charge on any atom is 0.260 e. The van der Waals surface area contributed by atoms with E-state index < -0.39 is 0 Å². The zero-order valence-corrected chi connectivity index (χ0v) is 17.7. The lowest BCUT2D eigenvalue weighted by Crippen LogP contribution is -2.19. The molecule has 2 rings (SSSR count). The van der Waals surface area contributed by atoms with Crippen LogP contribution in [0, 0.1) is 0 Å². The highest BCUT2D eigenvalue weighted by molar-refractivity contribution is 6.07. The normalized spacial score (nSPS) is 10.7. The highest BCUT2D eigenvalue weighted by Crippen LogP contribution is 2.19. The summed E-state index contributed by atoms with van der Waals surface area (Å²) in [5.41, 5.74) is 6.00. The van der Waals surface area contributed by atoms with Gasteiger partial charge in [0.05, 0.1) is 5.56 Å². The van der Waals surface area contributed by atoms with Gasteiger partial charge in [0, 0.05) is 26.7 Å². The molecular formula is C20H32N8O. The van der Waals surface area contributed by atoms with Crippen LogP contribution in [0.15, 0.2) is 24.3 Å². The lowest BCUT2D eigenvalue weighted by atomic mass is 10.2. The Labute approximate surface area is 172 Å². The Morgan fingerprint density at radius 1 is 1.07 bits per heavy atom. The number of unbranched alkanes of at least 4 members (excludes halogenated alkanes) is 2. The number of nitrogens with one attached hydrogen (secondary N) is 3. The van der Waals surface area contributed by atoms with E-state index in [9.17, 15) is 4.79 Å². The van der Waals surface area contributed by atoms with Gasteiger partial charge < -0.3 is 26.6 Å². The molecule has 0 aliphatic rings. The monoisotopic (exact) mass is 400 g/mol. The molecule has 0 saturated heterocycles. The van der Waals surface area contributed by atoms with E-state index in [0.29, 0.717) is 29.6 Å². The van der Waals surface area contributed by atoms with Gasteiger partial charge in [0.2, 0.25) is 0 Å². The van der Waals surface area contributed by atoms with Crippen LogP contribution >= 0.6 is 0 Å². The molecule has 0 aromatic carbocycles. The average molecular weight is 401 g/mol. The van der Waals surface area contributed by atoms with E-state index in [1.165, 1.54) is 0 Å². The zero-order valence-electron chi connectivity index (χ0n) is 17.7. The molecule has 0 saturated carbocycles. The molecule has 1 amide bonds. The first-order valence-corrected chi connectivity index (χ1v) is 9.94. The molecule has 9 nitrogen and oxygen atoms in total. The van der Waals surface area contributed by atoms with Crippen molar-refractivity contribution in [2.24, 2.45) is 5.73 Å². The van der Waals surface area contributed by atoms with Crippen molar-refractivity contribution in [3.05, 3.63) is 29.8 Å². The third-order valence-electron chi connectivity index (χ3n) is 4.10. The van der Waals surface area contributed by atoms with Crippen molar-refractivity contribution in [2.45, 2.75) is 39.2 Å². The molecule has 0 aliphatic carbocycles. The number of rotatable bonds is 11. The second-order valence-corrected chi connectivity index (χ2v) is 7.29. The molecule has 0 aliphatic heterocycles. The predicted molar refractivity (Wildman–Crippen MR) is 119 cm³/mol.